The summed E-state index contributed by atoms with van der Waals surface area (Å²) in [5.74, 6) is 0. The molecular weight excluding hydrogens is 1790 g/mol. The Morgan fingerprint density at radius 2 is 0.389 bits per heavy atom. The predicted octanol–water partition coefficient (Wildman–Crippen LogP) is 43.2. The van der Waals surface area contributed by atoms with E-state index in [-0.39, 0.29) is 77.8 Å². The minimum Gasteiger partial charge on any atom is -0.310 e. The maximum atomic E-state index is 2.58. The number of hydrogen-bond donors (Lipinski definition) is 0. The lowest BCUT2D eigenvalue weighted by Crippen LogP contribution is -2.18. The molecule has 0 aromatic heterocycles. The summed E-state index contributed by atoms with van der Waals surface area (Å²) in [5, 5.41) is 0. The average Bonchev–Trinajstić information content (AvgIpc) is 1.55. The molecule has 16 aromatic carbocycles. The van der Waals surface area contributed by atoms with E-state index in [1.807, 2.05) is 0 Å². The van der Waals surface area contributed by atoms with Gasteiger partial charge in [0.25, 0.3) is 0 Å². The molecule has 0 atom stereocenters. The molecule has 0 aliphatic heterocycles. The van der Waals surface area contributed by atoms with Gasteiger partial charge in [-0.15, -0.1) is 0 Å². The first kappa shape index (κ1) is 109. The first-order valence-electron chi connectivity index (χ1n) is 54.5. The molecule has 0 saturated heterocycles. The normalized spacial score (nSPS) is 13.7. The number of fused-ring (bicyclic) bond motifs is 6. The van der Waals surface area contributed by atoms with Crippen molar-refractivity contribution in [3.8, 4) is 111 Å². The summed E-state index contributed by atoms with van der Waals surface area (Å²) in [6, 6.07) is 130. The van der Waals surface area contributed by atoms with Gasteiger partial charge in [0, 0.05) is 44.7 Å². The van der Waals surface area contributed by atoms with Gasteiger partial charge in [0.15, 0.2) is 0 Å². The van der Waals surface area contributed by atoms with Gasteiger partial charge in [-0.05, 0) is 328 Å². The summed E-state index contributed by atoms with van der Waals surface area (Å²) in [6.45, 7) is 86.8. The number of nitrogens with zero attached hydrogens (tertiary/aromatic N) is 2. The molecule has 0 radical (unpaired) electrons. The van der Waals surface area contributed by atoms with Crippen LogP contribution in [0.5, 0.6) is 0 Å². The van der Waals surface area contributed by atoms with E-state index in [1.165, 1.54) is 195 Å². The van der Waals surface area contributed by atoms with Crippen molar-refractivity contribution in [2.24, 2.45) is 0 Å². The molecule has 2 aliphatic carbocycles. The highest BCUT2D eigenvalue weighted by atomic mass is 15.2. The van der Waals surface area contributed by atoms with Crippen LogP contribution >= 0.6 is 0 Å². The molecular formula is C147H170N2. The summed E-state index contributed by atoms with van der Waals surface area (Å²) in [7, 11) is 0. The van der Waals surface area contributed by atoms with Crippen LogP contribution in [0, 0.1) is 0 Å². The molecule has 2 nitrogen and oxygen atoms in total. The van der Waals surface area contributed by atoms with Crippen LogP contribution in [0.1, 0.15) is 347 Å². The molecule has 0 saturated carbocycles. The zero-order chi connectivity index (χ0) is 107. The SMILES string of the molecule is C.CC(C)(C)c1cc(-c2cc(C(C)(C)C)cc(C(C)(C)C)c2)cc(-c2cc(C(C)(C)C)cc(N(c3ccc(-c4cc(C(C)(C)C)cc(C(C)(C)C)c4)cc3)c3ccc4c(c3)C(C)(C)c3ccccc3-4)c2-c2ccccc2)c1.CC(C)(C)c1ccc(-c2cccc(N(c3ccc4c(c3)C(C)(C)c3ccccc3-4)c3cc(C(C)(C)C)cc(-c4cc(-c5cc(C(C)(C)C)cc(C(C)(C)C)c5)cc(C(C)(C)C)c4)c3-c3ccccc3)c2)cc1. The van der Waals surface area contributed by atoms with Crippen molar-refractivity contribution in [3.05, 3.63) is 417 Å². The minimum absolute atomic E-state index is 0. The van der Waals surface area contributed by atoms with E-state index in [4.69, 9.17) is 0 Å². The second-order valence-electron chi connectivity index (χ2n) is 55.5. The van der Waals surface area contributed by atoms with Crippen LogP contribution < -0.4 is 9.80 Å². The molecule has 0 heterocycles. The fraction of sp³-hybridized carbons (Fsp3) is 0.347. The molecule has 149 heavy (non-hydrogen) atoms. The summed E-state index contributed by atoms with van der Waals surface area (Å²) in [6.07, 6.45) is 0. The largest absolute Gasteiger partial charge is 0.310 e. The van der Waals surface area contributed by atoms with Gasteiger partial charge in [-0.1, -0.05) is 512 Å². The lowest BCUT2D eigenvalue weighted by Gasteiger charge is -2.33. The smallest absolute Gasteiger partial charge is 0.0549 e. The van der Waals surface area contributed by atoms with Gasteiger partial charge in [0.2, 0.25) is 0 Å². The van der Waals surface area contributed by atoms with Crippen molar-refractivity contribution in [2.45, 2.75) is 334 Å². The molecule has 768 valence electrons. The first-order valence-corrected chi connectivity index (χ1v) is 54.5. The summed E-state index contributed by atoms with van der Waals surface area (Å²) < 4.78 is 0. The van der Waals surface area contributed by atoms with Gasteiger partial charge >= 0.3 is 0 Å². The van der Waals surface area contributed by atoms with Crippen LogP contribution in [0.2, 0.25) is 0 Å². The van der Waals surface area contributed by atoms with E-state index in [2.05, 4.69) is 600 Å². The standard InChI is InChI=1S/C75H87N.C71H79N.CH4/c1-69(2,3)54-37-50(52-40-57(72(10,11)12)44-58(41-52)73(13,14)15)36-53(42-54)64-45-59(74(16,17)18)46-67(68(64)49-26-22-21-23-27-49)76(61-34-35-63-62-28-24-25-29-65(62)75(19,20)66(63)47-61)60-32-30-48(31-33-60)51-38-55(70(4,5)6)43-56(39-51)71(7,8)9;1-66(2,3)52-32-30-46(31-33-52)48-26-23-27-57(41-48)72(58-34-35-60-59-28-21-22-29-62(59)71(16,17)63(60)45-58)64-44-56(70(13,14)15)43-61(65(64)47-24-19-18-20-25-47)51-36-49(37-53(40-51)67(4,5)6)50-38-54(68(7,8)9)42-55(39-50)69(10,11)12;/h21-47H,1-20H3;18-45H,1-17H3;1H4. The third kappa shape index (κ3) is 22.4. The van der Waals surface area contributed by atoms with Crippen LogP contribution in [-0.2, 0) is 70.4 Å². The second kappa shape index (κ2) is 39.2. The summed E-state index contributed by atoms with van der Waals surface area (Å²) >= 11 is 0. The lowest BCUT2D eigenvalue weighted by molar-refractivity contribution is 0.568. The fourth-order valence-electron chi connectivity index (χ4n) is 21.8. The van der Waals surface area contributed by atoms with Gasteiger partial charge < -0.3 is 9.80 Å². The van der Waals surface area contributed by atoms with Gasteiger partial charge in [-0.2, -0.15) is 0 Å². The zero-order valence-corrected chi connectivity index (χ0v) is 96.6. The average molecular weight is 1960 g/mol. The van der Waals surface area contributed by atoms with Crippen molar-refractivity contribution < 1.29 is 0 Å². The van der Waals surface area contributed by atoms with Crippen molar-refractivity contribution in [1.82, 2.24) is 0 Å². The summed E-state index contributed by atoms with van der Waals surface area (Å²) in [4.78, 5) is 5.15. The third-order valence-electron chi connectivity index (χ3n) is 31.8. The third-order valence-corrected chi connectivity index (χ3v) is 31.8. The zero-order valence-electron chi connectivity index (χ0n) is 96.6. The molecule has 0 N–H and O–H groups in total. The Hall–Kier alpha value is -12.9. The van der Waals surface area contributed by atoms with Crippen LogP contribution in [0.15, 0.2) is 334 Å². The van der Waals surface area contributed by atoms with Gasteiger partial charge in [0.1, 0.15) is 0 Å². The Morgan fingerprint density at radius 3 is 0.718 bits per heavy atom. The number of benzene rings is 16. The van der Waals surface area contributed by atoms with E-state index >= 15 is 0 Å². The van der Waals surface area contributed by atoms with Crippen molar-refractivity contribution in [2.75, 3.05) is 9.80 Å². The molecule has 2 aliphatic rings. The second-order valence-corrected chi connectivity index (χ2v) is 55.5. The monoisotopic (exact) mass is 1960 g/mol. The van der Waals surface area contributed by atoms with Crippen LogP contribution in [0.3, 0.4) is 0 Å². The molecule has 16 aromatic rings. The van der Waals surface area contributed by atoms with Gasteiger partial charge in [-0.3, -0.25) is 0 Å². The molecule has 0 unspecified atom stereocenters. The van der Waals surface area contributed by atoms with E-state index in [0.717, 1.165) is 34.1 Å². The van der Waals surface area contributed by atoms with Crippen molar-refractivity contribution in [3.63, 3.8) is 0 Å². The molecule has 0 bridgehead atoms. The molecule has 18 rings (SSSR count). The van der Waals surface area contributed by atoms with Crippen molar-refractivity contribution >= 4 is 34.1 Å². The number of hydrogen-bond acceptors (Lipinski definition) is 2. The van der Waals surface area contributed by atoms with Crippen molar-refractivity contribution in [1.29, 1.82) is 0 Å². The highest BCUT2D eigenvalue weighted by molar-refractivity contribution is 6.02. The minimum atomic E-state index is -0.179. The van der Waals surface area contributed by atoms with E-state index in [1.54, 1.807) is 0 Å². The first-order chi connectivity index (χ1) is 68.8. The highest BCUT2D eigenvalue weighted by Gasteiger charge is 2.41. The Kier molecular flexibility index (Phi) is 28.6. The Bertz CT molecular complexity index is 7590. The van der Waals surface area contributed by atoms with E-state index in [9.17, 15) is 0 Å². The molecule has 0 spiro atoms. The Balaban J connectivity index is 0.000000211. The number of anilines is 6. The van der Waals surface area contributed by atoms with Gasteiger partial charge in [0.05, 0.1) is 11.4 Å². The van der Waals surface area contributed by atoms with Crippen LogP contribution in [0.4, 0.5) is 34.1 Å². The fourth-order valence-corrected chi connectivity index (χ4v) is 21.8. The Morgan fingerprint density at radius 1 is 0.148 bits per heavy atom. The quantitative estimate of drug-likeness (QED) is 0.107. The maximum Gasteiger partial charge on any atom is 0.0549 e. The number of rotatable bonds is 14. The highest BCUT2D eigenvalue weighted by Crippen LogP contribution is 2.58. The predicted molar refractivity (Wildman–Crippen MR) is 653 cm³/mol. The molecule has 0 amide bonds. The lowest BCUT2D eigenvalue weighted by atomic mass is 9.77. The van der Waals surface area contributed by atoms with E-state index < -0.39 is 0 Å². The summed E-state index contributed by atoms with van der Waals surface area (Å²) in [5.41, 5.74) is 51.0. The van der Waals surface area contributed by atoms with Crippen LogP contribution in [0.25, 0.3) is 111 Å². The van der Waals surface area contributed by atoms with Gasteiger partial charge in [-0.25, -0.2) is 0 Å². The van der Waals surface area contributed by atoms with Crippen LogP contribution in [-0.4, -0.2) is 0 Å². The van der Waals surface area contributed by atoms with E-state index in [0.29, 0.717) is 0 Å². The molecule has 2 heteroatoms. The molecule has 0 fully saturated rings. The maximum absolute atomic E-state index is 2.58. The Labute approximate surface area is 899 Å². The topological polar surface area (TPSA) is 6.48 Å².